The topological polar surface area (TPSA) is 59.9 Å². The van der Waals surface area contributed by atoms with E-state index in [9.17, 15) is 9.18 Å². The summed E-state index contributed by atoms with van der Waals surface area (Å²) >= 11 is 0. The fraction of sp³-hybridized carbons (Fsp3) is 0.222. The van der Waals surface area contributed by atoms with Gasteiger partial charge in [-0.1, -0.05) is 29.4 Å². The molecule has 5 nitrogen and oxygen atoms in total. The van der Waals surface area contributed by atoms with E-state index in [-0.39, 0.29) is 11.7 Å². The molecule has 0 radical (unpaired) electrons. The lowest BCUT2D eigenvalue weighted by atomic mass is 10.0. The predicted molar refractivity (Wildman–Crippen MR) is 87.3 cm³/mol. The van der Waals surface area contributed by atoms with Crippen LogP contribution in [0.25, 0.3) is 0 Å². The smallest absolute Gasteiger partial charge is 0.264 e. The number of rotatable bonds is 5. The number of ether oxygens (including phenoxy) is 1. The van der Waals surface area contributed by atoms with Crippen LogP contribution in [0.2, 0.25) is 0 Å². The molecule has 0 fully saturated rings. The summed E-state index contributed by atoms with van der Waals surface area (Å²) in [5.74, 6) is 0.222. The van der Waals surface area contributed by atoms with Gasteiger partial charge in [-0.2, -0.15) is 0 Å². The van der Waals surface area contributed by atoms with Gasteiger partial charge in [-0.15, -0.1) is 0 Å². The van der Waals surface area contributed by atoms with Gasteiger partial charge in [0.05, 0.1) is 12.8 Å². The van der Waals surface area contributed by atoms with E-state index in [1.54, 1.807) is 19.2 Å². The number of benzene rings is 2. The summed E-state index contributed by atoms with van der Waals surface area (Å²) in [5.41, 5.74) is 2.35. The van der Waals surface area contributed by atoms with Gasteiger partial charge < -0.3 is 14.9 Å². The van der Waals surface area contributed by atoms with Gasteiger partial charge in [-0.05, 0) is 35.4 Å². The summed E-state index contributed by atoms with van der Waals surface area (Å²) in [5, 5.41) is 6.75. The molecule has 1 N–H and O–H groups in total. The fourth-order valence-electron chi connectivity index (χ4n) is 2.38. The van der Waals surface area contributed by atoms with Crippen LogP contribution in [0.1, 0.15) is 17.5 Å². The second-order valence-corrected chi connectivity index (χ2v) is 5.41. The number of carbonyl (C=O) groups is 1. The summed E-state index contributed by atoms with van der Waals surface area (Å²) in [7, 11) is 1.60. The summed E-state index contributed by atoms with van der Waals surface area (Å²) < 4.78 is 18.0. The molecule has 2 aromatic rings. The highest BCUT2D eigenvalue weighted by Gasteiger charge is 2.28. The molecule has 2 aromatic carbocycles. The van der Waals surface area contributed by atoms with Gasteiger partial charge >= 0.3 is 0 Å². The van der Waals surface area contributed by atoms with Gasteiger partial charge in [0, 0.05) is 13.0 Å². The van der Waals surface area contributed by atoms with E-state index < -0.39 is 6.10 Å². The number of methoxy groups -OCH3 is 1. The minimum absolute atomic E-state index is 0.230. The maximum Gasteiger partial charge on any atom is 0.264 e. The third-order valence-corrected chi connectivity index (χ3v) is 3.76. The van der Waals surface area contributed by atoms with Crippen LogP contribution in [0.5, 0.6) is 5.75 Å². The lowest BCUT2D eigenvalue weighted by molar-refractivity contribution is -0.131. The van der Waals surface area contributed by atoms with Crippen molar-refractivity contribution in [1.82, 2.24) is 5.32 Å². The normalized spacial score (nSPS) is 16.2. The quantitative estimate of drug-likeness (QED) is 0.918. The maximum absolute atomic E-state index is 12.9. The van der Waals surface area contributed by atoms with Gasteiger partial charge in [-0.3, -0.25) is 4.79 Å². The van der Waals surface area contributed by atoms with Crippen molar-refractivity contribution in [3.63, 3.8) is 0 Å². The van der Waals surface area contributed by atoms with Crippen molar-refractivity contribution in [3.05, 3.63) is 65.5 Å². The molecular formula is C18H17FN2O3. The van der Waals surface area contributed by atoms with Crippen molar-refractivity contribution in [3.8, 4) is 5.75 Å². The molecule has 1 aliphatic heterocycles. The molecule has 1 aliphatic rings. The van der Waals surface area contributed by atoms with Crippen LogP contribution in [-0.2, 0) is 16.2 Å². The Kier molecular flexibility index (Phi) is 4.74. The highest BCUT2D eigenvalue weighted by molar-refractivity contribution is 6.04. The molecule has 1 atom stereocenters. The van der Waals surface area contributed by atoms with Gasteiger partial charge in [0.1, 0.15) is 11.6 Å². The first-order chi connectivity index (χ1) is 11.7. The third-order valence-electron chi connectivity index (χ3n) is 3.76. The number of hydrogen-bond acceptors (Lipinski definition) is 4. The molecule has 6 heteroatoms. The molecular weight excluding hydrogens is 311 g/mol. The summed E-state index contributed by atoms with van der Waals surface area (Å²) in [6.45, 7) is 0.397. The van der Waals surface area contributed by atoms with Crippen LogP contribution in [0.15, 0.2) is 53.7 Å². The number of nitrogens with zero attached hydrogens (tertiary/aromatic N) is 1. The highest BCUT2D eigenvalue weighted by atomic mass is 19.1. The average molecular weight is 328 g/mol. The Labute approximate surface area is 139 Å². The van der Waals surface area contributed by atoms with E-state index >= 15 is 0 Å². The Morgan fingerprint density at radius 1 is 1.25 bits per heavy atom. The maximum atomic E-state index is 12.9. The first kappa shape index (κ1) is 16.0. The van der Waals surface area contributed by atoms with Crippen LogP contribution in [-0.4, -0.2) is 24.8 Å². The molecule has 1 amide bonds. The van der Waals surface area contributed by atoms with Crippen LogP contribution in [0.4, 0.5) is 4.39 Å². The van der Waals surface area contributed by atoms with Crippen molar-refractivity contribution in [1.29, 1.82) is 0 Å². The molecule has 0 spiro atoms. The predicted octanol–water partition coefficient (Wildman–Crippen LogP) is 2.64. The zero-order valence-corrected chi connectivity index (χ0v) is 13.2. The lowest BCUT2D eigenvalue weighted by Gasteiger charge is -2.10. The number of halogens is 1. The Hall–Kier alpha value is -2.89. The molecule has 0 aromatic heterocycles. The summed E-state index contributed by atoms with van der Waals surface area (Å²) in [4.78, 5) is 17.4. The van der Waals surface area contributed by atoms with Gasteiger partial charge in [0.2, 0.25) is 6.10 Å². The van der Waals surface area contributed by atoms with Crippen LogP contribution in [0.3, 0.4) is 0 Å². The second kappa shape index (κ2) is 7.12. The van der Waals surface area contributed by atoms with Crippen molar-refractivity contribution >= 4 is 11.6 Å². The molecule has 0 saturated heterocycles. The molecule has 3 rings (SSSR count). The van der Waals surface area contributed by atoms with Crippen molar-refractivity contribution < 1.29 is 18.8 Å². The number of carbonyl (C=O) groups excluding carboxylic acids is 1. The molecule has 1 heterocycles. The van der Waals surface area contributed by atoms with Crippen LogP contribution >= 0.6 is 0 Å². The van der Waals surface area contributed by atoms with Crippen molar-refractivity contribution in [2.45, 2.75) is 19.1 Å². The average Bonchev–Trinajstić information content (AvgIpc) is 3.11. The molecule has 0 bridgehead atoms. The number of hydrogen-bond donors (Lipinski definition) is 1. The highest BCUT2D eigenvalue weighted by Crippen LogP contribution is 2.17. The minimum Gasteiger partial charge on any atom is -0.497 e. The van der Waals surface area contributed by atoms with E-state index in [0.29, 0.717) is 18.7 Å². The van der Waals surface area contributed by atoms with Crippen LogP contribution < -0.4 is 10.1 Å². The van der Waals surface area contributed by atoms with Gasteiger partial charge in [0.25, 0.3) is 5.91 Å². The number of oxime groups is 1. The Morgan fingerprint density at radius 3 is 2.62 bits per heavy atom. The Morgan fingerprint density at radius 2 is 1.96 bits per heavy atom. The van der Waals surface area contributed by atoms with E-state index in [0.717, 1.165) is 16.9 Å². The minimum atomic E-state index is -0.664. The Balaban J connectivity index is 1.52. The van der Waals surface area contributed by atoms with E-state index in [1.807, 2.05) is 24.3 Å². The summed E-state index contributed by atoms with van der Waals surface area (Å²) in [6, 6.07) is 13.4. The van der Waals surface area contributed by atoms with E-state index in [4.69, 9.17) is 9.57 Å². The van der Waals surface area contributed by atoms with E-state index in [1.165, 1.54) is 12.1 Å². The Bertz CT molecular complexity index is 742. The third kappa shape index (κ3) is 3.71. The molecule has 0 unspecified atom stereocenters. The second-order valence-electron chi connectivity index (χ2n) is 5.41. The van der Waals surface area contributed by atoms with Gasteiger partial charge in [0.15, 0.2) is 0 Å². The number of nitrogens with one attached hydrogen (secondary N) is 1. The van der Waals surface area contributed by atoms with E-state index in [2.05, 4.69) is 10.5 Å². The largest absolute Gasteiger partial charge is 0.497 e. The summed E-state index contributed by atoms with van der Waals surface area (Å²) in [6.07, 6.45) is -0.302. The SMILES string of the molecule is COc1ccc(CNC(=O)[C@@H]2CC(c3ccc(F)cc3)=NO2)cc1. The van der Waals surface area contributed by atoms with Gasteiger partial charge in [-0.25, -0.2) is 4.39 Å². The standard InChI is InChI=1S/C18H17FN2O3/c1-23-15-8-2-12(3-9-15)11-20-18(22)17-10-16(21-24-17)13-4-6-14(19)7-5-13/h2-9,17H,10-11H2,1H3,(H,20,22)/t17-/m0/s1. The monoisotopic (exact) mass is 328 g/mol. The van der Waals surface area contributed by atoms with Crippen molar-refractivity contribution in [2.75, 3.05) is 7.11 Å². The fourth-order valence-corrected chi connectivity index (χ4v) is 2.38. The van der Waals surface area contributed by atoms with Crippen LogP contribution in [0, 0.1) is 5.82 Å². The molecule has 24 heavy (non-hydrogen) atoms. The zero-order valence-electron chi connectivity index (χ0n) is 13.2. The zero-order chi connectivity index (χ0) is 16.9. The molecule has 0 saturated carbocycles. The first-order valence-electron chi connectivity index (χ1n) is 7.55. The molecule has 0 aliphatic carbocycles. The number of amides is 1. The van der Waals surface area contributed by atoms with Crippen molar-refractivity contribution in [2.24, 2.45) is 5.16 Å². The lowest BCUT2D eigenvalue weighted by Crippen LogP contribution is -2.34. The first-order valence-corrected chi connectivity index (χ1v) is 7.55. The molecule has 124 valence electrons.